The summed E-state index contributed by atoms with van der Waals surface area (Å²) < 4.78 is 0. The number of hydrogen-bond acceptors (Lipinski definition) is 4. The molecule has 0 spiro atoms. The Morgan fingerprint density at radius 2 is 2.13 bits per heavy atom. The SMILES string of the molecule is Cc1c(C(=O)Nc2ccc3cn[nH]c3c2)nc(Cl)c(C#N)c1C. The number of hydrogen-bond donors (Lipinski definition) is 2. The van der Waals surface area contributed by atoms with Crippen LogP contribution in [0.1, 0.15) is 27.2 Å². The van der Waals surface area contributed by atoms with Crippen LogP contribution in [-0.2, 0) is 0 Å². The van der Waals surface area contributed by atoms with Crippen LogP contribution in [0, 0.1) is 25.2 Å². The summed E-state index contributed by atoms with van der Waals surface area (Å²) in [7, 11) is 0. The number of nitrogens with one attached hydrogen (secondary N) is 2. The molecule has 7 heteroatoms. The van der Waals surface area contributed by atoms with E-state index in [9.17, 15) is 4.79 Å². The van der Waals surface area contributed by atoms with Crippen molar-refractivity contribution in [2.45, 2.75) is 13.8 Å². The number of halogens is 1. The summed E-state index contributed by atoms with van der Waals surface area (Å²) in [5.74, 6) is -0.379. The summed E-state index contributed by atoms with van der Waals surface area (Å²) in [6, 6.07) is 7.42. The van der Waals surface area contributed by atoms with E-state index in [0.717, 1.165) is 10.9 Å². The number of carbonyl (C=O) groups excluding carboxylic acids is 1. The van der Waals surface area contributed by atoms with Crippen LogP contribution in [0.5, 0.6) is 0 Å². The minimum Gasteiger partial charge on any atom is -0.321 e. The molecule has 1 amide bonds. The van der Waals surface area contributed by atoms with Crippen molar-refractivity contribution in [3.05, 3.63) is 51.9 Å². The first kappa shape index (κ1) is 15.0. The molecule has 1 aromatic carbocycles. The average Bonchev–Trinajstić information content (AvgIpc) is 2.99. The van der Waals surface area contributed by atoms with E-state index in [1.807, 2.05) is 12.1 Å². The average molecular weight is 326 g/mol. The first-order valence-electron chi connectivity index (χ1n) is 6.82. The normalized spacial score (nSPS) is 10.5. The molecular weight excluding hydrogens is 314 g/mol. The number of aromatic nitrogens is 3. The zero-order valence-electron chi connectivity index (χ0n) is 12.4. The highest BCUT2D eigenvalue weighted by Crippen LogP contribution is 2.23. The largest absolute Gasteiger partial charge is 0.321 e. The fourth-order valence-electron chi connectivity index (χ4n) is 2.31. The predicted molar refractivity (Wildman–Crippen MR) is 87.5 cm³/mol. The Labute approximate surface area is 137 Å². The maximum absolute atomic E-state index is 12.5. The molecule has 0 unspecified atom stereocenters. The van der Waals surface area contributed by atoms with E-state index in [4.69, 9.17) is 16.9 Å². The van der Waals surface area contributed by atoms with Crippen LogP contribution in [0.2, 0.25) is 5.15 Å². The van der Waals surface area contributed by atoms with Gasteiger partial charge in [0.1, 0.15) is 16.9 Å². The molecule has 0 aliphatic rings. The molecular formula is C16H12ClN5O. The molecule has 2 aromatic heterocycles. The van der Waals surface area contributed by atoms with Crippen LogP contribution in [0.25, 0.3) is 10.9 Å². The van der Waals surface area contributed by atoms with E-state index in [2.05, 4.69) is 20.5 Å². The van der Waals surface area contributed by atoms with Crippen molar-refractivity contribution in [3.63, 3.8) is 0 Å². The number of amides is 1. The third-order valence-electron chi connectivity index (χ3n) is 3.74. The van der Waals surface area contributed by atoms with Crippen molar-refractivity contribution in [1.82, 2.24) is 15.2 Å². The number of fused-ring (bicyclic) bond motifs is 1. The molecule has 2 heterocycles. The molecule has 0 saturated heterocycles. The van der Waals surface area contributed by atoms with Gasteiger partial charge in [-0.15, -0.1) is 0 Å². The quantitative estimate of drug-likeness (QED) is 0.706. The monoisotopic (exact) mass is 325 g/mol. The summed E-state index contributed by atoms with van der Waals surface area (Å²) in [4.78, 5) is 16.5. The Hall–Kier alpha value is -2.91. The van der Waals surface area contributed by atoms with Crippen LogP contribution in [0.3, 0.4) is 0 Å². The lowest BCUT2D eigenvalue weighted by Crippen LogP contribution is -2.16. The third-order valence-corrected chi connectivity index (χ3v) is 4.01. The van der Waals surface area contributed by atoms with E-state index >= 15 is 0 Å². The van der Waals surface area contributed by atoms with Crippen LogP contribution in [0.4, 0.5) is 5.69 Å². The number of aromatic amines is 1. The van der Waals surface area contributed by atoms with Crippen molar-refractivity contribution < 1.29 is 4.79 Å². The number of H-pyrrole nitrogens is 1. The number of pyridine rings is 1. The lowest BCUT2D eigenvalue weighted by atomic mass is 10.0. The standard InChI is InChI=1S/C16H12ClN5O/c1-8-9(2)14(21-15(17)12(8)6-18)16(23)20-11-4-3-10-7-19-22-13(10)5-11/h3-5,7H,1-2H3,(H,19,22)(H,20,23). The minimum atomic E-state index is -0.379. The van der Waals surface area contributed by atoms with Crippen LogP contribution < -0.4 is 5.32 Å². The molecule has 0 fully saturated rings. The maximum Gasteiger partial charge on any atom is 0.274 e. The van der Waals surface area contributed by atoms with Gasteiger partial charge in [0.05, 0.1) is 17.3 Å². The molecule has 2 N–H and O–H groups in total. The van der Waals surface area contributed by atoms with Crippen molar-refractivity contribution >= 4 is 34.1 Å². The van der Waals surface area contributed by atoms with Crippen molar-refractivity contribution in [1.29, 1.82) is 5.26 Å². The Bertz CT molecular complexity index is 970. The Kier molecular flexibility index (Phi) is 3.72. The molecule has 0 bridgehead atoms. The van der Waals surface area contributed by atoms with Crippen molar-refractivity contribution in [2.24, 2.45) is 0 Å². The zero-order chi connectivity index (χ0) is 16.6. The lowest BCUT2D eigenvalue weighted by Gasteiger charge is -2.11. The second-order valence-electron chi connectivity index (χ2n) is 5.11. The van der Waals surface area contributed by atoms with Crippen molar-refractivity contribution in [3.8, 4) is 6.07 Å². The Morgan fingerprint density at radius 3 is 2.87 bits per heavy atom. The number of nitriles is 1. The number of rotatable bonds is 2. The van der Waals surface area contributed by atoms with Gasteiger partial charge in [0.15, 0.2) is 0 Å². The van der Waals surface area contributed by atoms with E-state index in [0.29, 0.717) is 22.4 Å². The zero-order valence-corrected chi connectivity index (χ0v) is 13.2. The molecule has 0 radical (unpaired) electrons. The maximum atomic E-state index is 12.5. The van der Waals surface area contributed by atoms with Gasteiger partial charge in [-0.2, -0.15) is 10.4 Å². The van der Waals surface area contributed by atoms with Gasteiger partial charge in [-0.25, -0.2) is 4.98 Å². The number of carbonyl (C=O) groups is 1. The molecule has 0 aliphatic carbocycles. The first-order chi connectivity index (χ1) is 11.0. The highest BCUT2D eigenvalue weighted by atomic mass is 35.5. The van der Waals surface area contributed by atoms with Gasteiger partial charge in [0.2, 0.25) is 0 Å². The van der Waals surface area contributed by atoms with Gasteiger partial charge in [-0.3, -0.25) is 9.89 Å². The summed E-state index contributed by atoms with van der Waals surface area (Å²) >= 11 is 5.99. The van der Waals surface area contributed by atoms with Gasteiger partial charge in [-0.05, 0) is 43.2 Å². The van der Waals surface area contributed by atoms with Crippen LogP contribution in [-0.4, -0.2) is 21.1 Å². The Balaban J connectivity index is 1.96. The molecule has 3 aromatic rings. The predicted octanol–water partition coefficient (Wildman–Crippen LogP) is 3.35. The molecule has 0 atom stereocenters. The smallest absolute Gasteiger partial charge is 0.274 e. The van der Waals surface area contributed by atoms with E-state index in [-0.39, 0.29) is 16.8 Å². The topological polar surface area (TPSA) is 94.5 Å². The van der Waals surface area contributed by atoms with Gasteiger partial charge >= 0.3 is 0 Å². The fraction of sp³-hybridized carbons (Fsp3) is 0.125. The first-order valence-corrected chi connectivity index (χ1v) is 7.20. The fourth-order valence-corrected chi connectivity index (χ4v) is 2.58. The molecule has 0 saturated carbocycles. The number of nitrogens with zero attached hydrogens (tertiary/aromatic N) is 3. The van der Waals surface area contributed by atoms with Crippen LogP contribution in [0.15, 0.2) is 24.4 Å². The summed E-state index contributed by atoms with van der Waals surface area (Å²) in [6.07, 6.45) is 1.70. The van der Waals surface area contributed by atoms with E-state index < -0.39 is 0 Å². The minimum absolute atomic E-state index is 0.0322. The highest BCUT2D eigenvalue weighted by Gasteiger charge is 2.18. The summed E-state index contributed by atoms with van der Waals surface area (Å²) in [5.41, 5.74) is 3.22. The van der Waals surface area contributed by atoms with E-state index in [1.54, 1.807) is 32.2 Å². The highest BCUT2D eigenvalue weighted by molar-refractivity contribution is 6.31. The number of anilines is 1. The molecule has 0 aliphatic heterocycles. The van der Waals surface area contributed by atoms with Crippen LogP contribution >= 0.6 is 11.6 Å². The summed E-state index contributed by atoms with van der Waals surface area (Å²) in [6.45, 7) is 3.49. The van der Waals surface area contributed by atoms with Gasteiger partial charge < -0.3 is 5.32 Å². The second-order valence-corrected chi connectivity index (χ2v) is 5.47. The molecule has 23 heavy (non-hydrogen) atoms. The molecule has 114 valence electrons. The lowest BCUT2D eigenvalue weighted by molar-refractivity contribution is 0.102. The van der Waals surface area contributed by atoms with Gasteiger partial charge in [-0.1, -0.05) is 11.6 Å². The number of benzene rings is 1. The Morgan fingerprint density at radius 1 is 1.35 bits per heavy atom. The van der Waals surface area contributed by atoms with Crippen molar-refractivity contribution in [2.75, 3.05) is 5.32 Å². The van der Waals surface area contributed by atoms with E-state index in [1.165, 1.54) is 0 Å². The third kappa shape index (κ3) is 2.62. The molecule has 3 rings (SSSR count). The molecule has 6 nitrogen and oxygen atoms in total. The van der Waals surface area contributed by atoms with Gasteiger partial charge in [0, 0.05) is 11.1 Å². The summed E-state index contributed by atoms with van der Waals surface area (Å²) in [5, 5.41) is 19.6. The second kappa shape index (κ2) is 5.71. The van der Waals surface area contributed by atoms with Gasteiger partial charge in [0.25, 0.3) is 5.91 Å².